The fraction of sp³-hybridized carbons (Fsp3) is 0.500. The molecule has 0 unspecified atom stereocenters. The molecular weight excluding hydrogens is 300 g/mol. The minimum absolute atomic E-state index is 0.00348. The molecule has 1 saturated heterocycles. The van der Waals surface area contributed by atoms with Crippen LogP contribution in [-0.2, 0) is 9.84 Å². The number of amides is 1. The maximum absolute atomic E-state index is 13.5. The summed E-state index contributed by atoms with van der Waals surface area (Å²) in [4.78, 5) is 13.2. The monoisotopic (exact) mass is 317 g/mol. The van der Waals surface area contributed by atoms with Gasteiger partial charge in [0.1, 0.15) is 17.2 Å². The SMILES string of the molecule is CC(C)CS(=O)(=O)C1CN(C(=O)c2c(F)cccc2F)C1. The highest BCUT2D eigenvalue weighted by Crippen LogP contribution is 2.23. The number of halogens is 2. The van der Waals surface area contributed by atoms with Gasteiger partial charge in [-0.2, -0.15) is 0 Å². The quantitative estimate of drug-likeness (QED) is 0.852. The molecule has 0 atom stereocenters. The van der Waals surface area contributed by atoms with Gasteiger partial charge in [-0.1, -0.05) is 19.9 Å². The Kier molecular flexibility index (Phi) is 4.32. The standard InChI is InChI=1S/C14H17F2NO3S/c1-9(2)8-21(19,20)10-6-17(7-10)14(18)13-11(15)4-3-5-12(13)16/h3-5,9-10H,6-8H2,1-2H3. The molecule has 7 heteroatoms. The smallest absolute Gasteiger partial charge is 0.259 e. The summed E-state index contributed by atoms with van der Waals surface area (Å²) in [5.74, 6) is -2.62. The molecule has 21 heavy (non-hydrogen) atoms. The van der Waals surface area contributed by atoms with Gasteiger partial charge in [0.05, 0.1) is 11.0 Å². The van der Waals surface area contributed by atoms with E-state index in [0.29, 0.717) is 0 Å². The average Bonchev–Trinajstić information content (AvgIpc) is 2.23. The minimum Gasteiger partial charge on any atom is -0.336 e. The summed E-state index contributed by atoms with van der Waals surface area (Å²) in [6, 6.07) is 3.18. The van der Waals surface area contributed by atoms with E-state index in [4.69, 9.17) is 0 Å². The van der Waals surface area contributed by atoms with Crippen LogP contribution in [0.3, 0.4) is 0 Å². The van der Waals surface area contributed by atoms with Gasteiger partial charge in [-0.15, -0.1) is 0 Å². The molecule has 1 aliphatic rings. The summed E-state index contributed by atoms with van der Waals surface area (Å²) in [7, 11) is -3.27. The molecule has 1 aromatic rings. The number of carbonyl (C=O) groups excluding carboxylic acids is 1. The van der Waals surface area contributed by atoms with Crippen LogP contribution in [0.15, 0.2) is 18.2 Å². The molecule has 0 aliphatic carbocycles. The number of sulfone groups is 1. The van der Waals surface area contributed by atoms with E-state index in [9.17, 15) is 22.0 Å². The number of carbonyl (C=O) groups is 1. The molecule has 0 spiro atoms. The van der Waals surface area contributed by atoms with Gasteiger partial charge in [-0.05, 0) is 18.1 Å². The first-order valence-electron chi connectivity index (χ1n) is 6.67. The number of nitrogens with zero attached hydrogens (tertiary/aromatic N) is 1. The molecule has 1 heterocycles. The molecule has 4 nitrogen and oxygen atoms in total. The second-order valence-corrected chi connectivity index (χ2v) is 7.98. The zero-order chi connectivity index (χ0) is 15.8. The molecule has 0 bridgehead atoms. The van der Waals surface area contributed by atoms with E-state index in [0.717, 1.165) is 17.0 Å². The Bertz CT molecular complexity index is 632. The Morgan fingerprint density at radius 1 is 1.29 bits per heavy atom. The van der Waals surface area contributed by atoms with Crippen molar-refractivity contribution in [2.24, 2.45) is 5.92 Å². The van der Waals surface area contributed by atoms with Gasteiger partial charge in [0, 0.05) is 13.1 Å². The van der Waals surface area contributed by atoms with Crippen LogP contribution in [0.25, 0.3) is 0 Å². The van der Waals surface area contributed by atoms with Crippen LogP contribution in [0.2, 0.25) is 0 Å². The molecule has 2 rings (SSSR count). The maximum Gasteiger partial charge on any atom is 0.259 e. The molecule has 0 radical (unpaired) electrons. The number of rotatable bonds is 4. The third-order valence-electron chi connectivity index (χ3n) is 3.39. The first kappa shape index (κ1) is 15.9. The Hall–Kier alpha value is -1.50. The minimum atomic E-state index is -3.27. The lowest BCUT2D eigenvalue weighted by Crippen LogP contribution is -2.57. The Morgan fingerprint density at radius 2 is 1.81 bits per heavy atom. The van der Waals surface area contributed by atoms with E-state index >= 15 is 0 Å². The van der Waals surface area contributed by atoms with Gasteiger partial charge in [0.2, 0.25) is 0 Å². The van der Waals surface area contributed by atoms with E-state index in [1.165, 1.54) is 6.07 Å². The van der Waals surface area contributed by atoms with Crippen molar-refractivity contribution >= 4 is 15.7 Å². The Morgan fingerprint density at radius 3 is 2.29 bits per heavy atom. The van der Waals surface area contributed by atoms with E-state index in [-0.39, 0.29) is 24.8 Å². The third kappa shape index (κ3) is 3.23. The van der Waals surface area contributed by atoms with E-state index in [1.54, 1.807) is 13.8 Å². The maximum atomic E-state index is 13.5. The molecule has 0 saturated carbocycles. The van der Waals surface area contributed by atoms with Crippen molar-refractivity contribution in [2.45, 2.75) is 19.1 Å². The summed E-state index contributed by atoms with van der Waals surface area (Å²) in [5, 5.41) is -0.640. The van der Waals surface area contributed by atoms with Crippen LogP contribution in [0.5, 0.6) is 0 Å². The van der Waals surface area contributed by atoms with Gasteiger partial charge in [-0.25, -0.2) is 17.2 Å². The van der Waals surface area contributed by atoms with Crippen LogP contribution in [0.1, 0.15) is 24.2 Å². The molecule has 0 N–H and O–H groups in total. The fourth-order valence-corrected chi connectivity index (χ4v) is 4.31. The van der Waals surface area contributed by atoms with Crippen LogP contribution in [0.4, 0.5) is 8.78 Å². The number of hydrogen-bond donors (Lipinski definition) is 0. The lowest BCUT2D eigenvalue weighted by molar-refractivity contribution is 0.0648. The van der Waals surface area contributed by atoms with E-state index < -0.39 is 38.2 Å². The highest BCUT2D eigenvalue weighted by atomic mass is 32.2. The van der Waals surface area contributed by atoms with Crippen molar-refractivity contribution in [3.63, 3.8) is 0 Å². The largest absolute Gasteiger partial charge is 0.336 e. The van der Waals surface area contributed by atoms with Crippen LogP contribution < -0.4 is 0 Å². The van der Waals surface area contributed by atoms with Crippen molar-refractivity contribution < 1.29 is 22.0 Å². The second kappa shape index (κ2) is 5.71. The zero-order valence-corrected chi connectivity index (χ0v) is 12.7. The first-order chi connectivity index (χ1) is 9.72. The Balaban J connectivity index is 2.07. The Labute approximate surface area is 122 Å². The second-order valence-electron chi connectivity index (χ2n) is 5.65. The van der Waals surface area contributed by atoms with Crippen molar-refractivity contribution in [2.75, 3.05) is 18.8 Å². The summed E-state index contributed by atoms with van der Waals surface area (Å²) in [6.45, 7) is 3.57. The first-order valence-corrected chi connectivity index (χ1v) is 8.38. The molecule has 1 aromatic carbocycles. The van der Waals surface area contributed by atoms with E-state index in [1.807, 2.05) is 0 Å². The van der Waals surface area contributed by atoms with Crippen molar-refractivity contribution in [1.29, 1.82) is 0 Å². The number of hydrogen-bond acceptors (Lipinski definition) is 3. The van der Waals surface area contributed by atoms with Crippen molar-refractivity contribution in [1.82, 2.24) is 4.90 Å². The van der Waals surface area contributed by atoms with E-state index in [2.05, 4.69) is 0 Å². The lowest BCUT2D eigenvalue weighted by Gasteiger charge is -2.39. The normalized spacial score (nSPS) is 16.1. The molecule has 116 valence electrons. The highest BCUT2D eigenvalue weighted by molar-refractivity contribution is 7.92. The average molecular weight is 317 g/mol. The molecular formula is C14H17F2NO3S. The predicted octanol–water partition coefficient (Wildman–Crippen LogP) is 1.86. The molecule has 0 aromatic heterocycles. The molecule has 1 aliphatic heterocycles. The number of benzene rings is 1. The topological polar surface area (TPSA) is 54.5 Å². The zero-order valence-electron chi connectivity index (χ0n) is 11.8. The summed E-state index contributed by atoms with van der Waals surface area (Å²) in [5.41, 5.74) is -0.628. The molecule has 1 fully saturated rings. The predicted molar refractivity (Wildman–Crippen MR) is 74.7 cm³/mol. The van der Waals surface area contributed by atoms with Crippen LogP contribution >= 0.6 is 0 Å². The summed E-state index contributed by atoms with van der Waals surface area (Å²) >= 11 is 0. The van der Waals surface area contributed by atoms with Gasteiger partial charge in [0.25, 0.3) is 5.91 Å². The highest BCUT2D eigenvalue weighted by Gasteiger charge is 2.41. The third-order valence-corrected chi connectivity index (χ3v) is 5.83. The van der Waals surface area contributed by atoms with Gasteiger partial charge in [-0.3, -0.25) is 4.79 Å². The van der Waals surface area contributed by atoms with Crippen LogP contribution in [0, 0.1) is 17.6 Å². The number of likely N-dealkylation sites (tertiary alicyclic amines) is 1. The van der Waals surface area contributed by atoms with Crippen molar-refractivity contribution in [3.05, 3.63) is 35.4 Å². The van der Waals surface area contributed by atoms with Gasteiger partial charge >= 0.3 is 0 Å². The van der Waals surface area contributed by atoms with Crippen LogP contribution in [-0.4, -0.2) is 43.3 Å². The summed E-state index contributed by atoms with van der Waals surface area (Å²) in [6.07, 6.45) is 0. The summed E-state index contributed by atoms with van der Waals surface area (Å²) < 4.78 is 51.0. The van der Waals surface area contributed by atoms with Crippen molar-refractivity contribution in [3.8, 4) is 0 Å². The molecule has 1 amide bonds. The van der Waals surface area contributed by atoms with Gasteiger partial charge in [0.15, 0.2) is 9.84 Å². The lowest BCUT2D eigenvalue weighted by atomic mass is 10.1. The van der Waals surface area contributed by atoms with Gasteiger partial charge < -0.3 is 4.90 Å². The fourth-order valence-electron chi connectivity index (χ4n) is 2.29.